The van der Waals surface area contributed by atoms with E-state index in [0.717, 1.165) is 52.1 Å². The summed E-state index contributed by atoms with van der Waals surface area (Å²) < 4.78 is 64.1. The summed E-state index contributed by atoms with van der Waals surface area (Å²) in [6.45, 7) is 5.73. The summed E-state index contributed by atoms with van der Waals surface area (Å²) in [5.74, 6) is -1.05. The average Bonchev–Trinajstić information content (AvgIpc) is 2.95. The number of rotatable bonds is 11. The van der Waals surface area contributed by atoms with Crippen LogP contribution >= 0.6 is 11.6 Å². The molecule has 1 heterocycles. The maximum absolute atomic E-state index is 16.1. The second-order valence-electron chi connectivity index (χ2n) is 10.9. The number of hydrogen-bond donors (Lipinski definition) is 1. The van der Waals surface area contributed by atoms with Crippen LogP contribution in [-0.4, -0.2) is 69.4 Å². The highest BCUT2D eigenvalue weighted by Gasteiger charge is 2.73. The fourth-order valence-electron chi connectivity index (χ4n) is 5.56. The first kappa shape index (κ1) is 33.4. The van der Waals surface area contributed by atoms with Gasteiger partial charge in [0.1, 0.15) is 0 Å². The normalized spacial score (nSPS) is 17.2. The predicted octanol–water partition coefficient (Wildman–Crippen LogP) is 6.54. The SMILES string of the molecule is C=C(C)C(F)(C(F)(F)F)C(OC)(C(=O)NCCCC1CCN(c2ccc(C(=O)N(C)C)c(Cl)c2)CC1)c1ccccc1. The summed E-state index contributed by atoms with van der Waals surface area (Å²) >= 11 is 6.37. The van der Waals surface area contributed by atoms with Crippen LogP contribution in [0.25, 0.3) is 0 Å². The Bertz CT molecular complexity index is 1270. The number of carbonyl (C=O) groups excluding carboxylic acids is 2. The number of ether oxygens (including phenoxy) is 1. The number of benzene rings is 2. The van der Waals surface area contributed by atoms with E-state index in [1.165, 1.54) is 29.2 Å². The molecule has 0 spiro atoms. The van der Waals surface area contributed by atoms with E-state index in [9.17, 15) is 22.8 Å². The average molecular weight is 612 g/mol. The lowest BCUT2D eigenvalue weighted by molar-refractivity contribution is -0.276. The molecule has 3 rings (SSSR count). The predicted molar refractivity (Wildman–Crippen MR) is 156 cm³/mol. The van der Waals surface area contributed by atoms with E-state index in [1.807, 2.05) is 6.07 Å². The topological polar surface area (TPSA) is 61.9 Å². The fraction of sp³-hybridized carbons (Fsp3) is 0.484. The third-order valence-electron chi connectivity index (χ3n) is 7.91. The first-order valence-corrected chi connectivity index (χ1v) is 14.1. The molecule has 1 saturated heterocycles. The molecule has 0 aromatic heterocycles. The Labute approximate surface area is 249 Å². The quantitative estimate of drug-likeness (QED) is 0.178. The van der Waals surface area contributed by atoms with Gasteiger partial charge in [-0.15, -0.1) is 0 Å². The zero-order valence-corrected chi connectivity index (χ0v) is 25.1. The molecule has 0 aliphatic carbocycles. The Morgan fingerprint density at radius 2 is 1.71 bits per heavy atom. The molecule has 0 radical (unpaired) electrons. The smallest absolute Gasteiger partial charge is 0.371 e. The van der Waals surface area contributed by atoms with Gasteiger partial charge in [0, 0.05) is 46.5 Å². The van der Waals surface area contributed by atoms with Crippen molar-refractivity contribution in [3.8, 4) is 0 Å². The molecule has 1 aliphatic heterocycles. The number of nitrogens with one attached hydrogen (secondary N) is 1. The van der Waals surface area contributed by atoms with Crippen LogP contribution in [0.5, 0.6) is 0 Å². The highest BCUT2D eigenvalue weighted by molar-refractivity contribution is 6.34. The number of piperidine rings is 1. The maximum Gasteiger partial charge on any atom is 0.430 e. The zero-order chi connectivity index (χ0) is 31.3. The minimum atomic E-state index is -5.47. The standard InChI is InChI=1S/C31H38ClF4N3O3/c1-21(2)30(33,31(34,35)36)29(42-5,23-11-7-6-8-12-23)28(41)37-17-9-10-22-15-18-39(19-16-22)24-13-14-25(26(32)20-24)27(40)38(3)4/h6-8,11-14,20,22H,1,9-10,15-19H2,2-5H3,(H,37,41). The molecule has 230 valence electrons. The molecule has 1 fully saturated rings. The molecule has 1 aliphatic rings. The molecule has 1 N–H and O–H groups in total. The molecule has 2 aromatic carbocycles. The van der Waals surface area contributed by atoms with Gasteiger partial charge in [0.2, 0.25) is 5.60 Å². The minimum Gasteiger partial charge on any atom is -0.371 e. The molecule has 6 nitrogen and oxygen atoms in total. The van der Waals surface area contributed by atoms with Gasteiger partial charge in [-0.3, -0.25) is 9.59 Å². The third-order valence-corrected chi connectivity index (χ3v) is 8.23. The van der Waals surface area contributed by atoms with Crippen molar-refractivity contribution in [1.82, 2.24) is 10.2 Å². The Hall–Kier alpha value is -3.11. The first-order chi connectivity index (χ1) is 19.7. The van der Waals surface area contributed by atoms with Crippen molar-refractivity contribution in [3.63, 3.8) is 0 Å². The van der Waals surface area contributed by atoms with Gasteiger partial charge in [-0.2, -0.15) is 13.2 Å². The summed E-state index contributed by atoms with van der Waals surface area (Å²) in [4.78, 5) is 29.3. The largest absolute Gasteiger partial charge is 0.430 e. The molecule has 42 heavy (non-hydrogen) atoms. The van der Waals surface area contributed by atoms with Crippen molar-refractivity contribution in [2.45, 2.75) is 50.1 Å². The Balaban J connectivity index is 1.62. The number of hydrogen-bond acceptors (Lipinski definition) is 4. The van der Waals surface area contributed by atoms with Gasteiger partial charge >= 0.3 is 6.18 Å². The highest BCUT2D eigenvalue weighted by Crippen LogP contribution is 2.53. The summed E-state index contributed by atoms with van der Waals surface area (Å²) in [7, 11) is 4.22. The van der Waals surface area contributed by atoms with Crippen LogP contribution in [0.4, 0.5) is 23.2 Å². The first-order valence-electron chi connectivity index (χ1n) is 13.8. The zero-order valence-electron chi connectivity index (χ0n) is 24.4. The summed E-state index contributed by atoms with van der Waals surface area (Å²) in [6, 6.07) is 12.3. The lowest BCUT2D eigenvalue weighted by Gasteiger charge is -2.44. The Morgan fingerprint density at radius 3 is 2.21 bits per heavy atom. The number of nitrogens with zero attached hydrogens (tertiary/aromatic N) is 2. The van der Waals surface area contributed by atoms with Crippen LogP contribution in [0, 0.1) is 5.92 Å². The molecule has 2 unspecified atom stereocenters. The number of anilines is 1. The van der Waals surface area contributed by atoms with Crippen LogP contribution in [0.3, 0.4) is 0 Å². The molecule has 2 aromatic rings. The van der Waals surface area contributed by atoms with Crippen molar-refractivity contribution in [2.24, 2.45) is 5.92 Å². The van der Waals surface area contributed by atoms with E-state index in [2.05, 4.69) is 16.8 Å². The number of carbonyl (C=O) groups is 2. The fourth-order valence-corrected chi connectivity index (χ4v) is 5.82. The minimum absolute atomic E-state index is 0.0537. The van der Waals surface area contributed by atoms with Gasteiger partial charge in [0.25, 0.3) is 17.5 Å². The van der Waals surface area contributed by atoms with Crippen LogP contribution < -0.4 is 10.2 Å². The van der Waals surface area contributed by atoms with Gasteiger partial charge in [0.15, 0.2) is 0 Å². The van der Waals surface area contributed by atoms with E-state index in [0.29, 0.717) is 22.9 Å². The second-order valence-corrected chi connectivity index (χ2v) is 11.3. The number of methoxy groups -OCH3 is 1. The van der Waals surface area contributed by atoms with E-state index in [-0.39, 0.29) is 18.0 Å². The summed E-state index contributed by atoms with van der Waals surface area (Å²) in [5, 5.41) is 2.90. The van der Waals surface area contributed by atoms with Crippen molar-refractivity contribution in [2.75, 3.05) is 45.7 Å². The molecule has 2 atom stereocenters. The van der Waals surface area contributed by atoms with Crippen LogP contribution in [-0.2, 0) is 15.1 Å². The molecule has 2 amide bonds. The maximum atomic E-state index is 16.1. The van der Waals surface area contributed by atoms with E-state index in [1.54, 1.807) is 32.3 Å². The van der Waals surface area contributed by atoms with Crippen molar-refractivity contribution in [1.29, 1.82) is 0 Å². The second kappa shape index (κ2) is 13.5. The van der Waals surface area contributed by atoms with Crippen molar-refractivity contribution < 1.29 is 31.9 Å². The molecular weight excluding hydrogens is 574 g/mol. The Kier molecular flexibility index (Phi) is 10.7. The molecular formula is C31H38ClF4N3O3. The number of halogens is 5. The van der Waals surface area contributed by atoms with E-state index >= 15 is 4.39 Å². The third kappa shape index (κ3) is 6.44. The number of alkyl halides is 4. The summed E-state index contributed by atoms with van der Waals surface area (Å²) in [5.41, 5.74) is -6.97. The Morgan fingerprint density at radius 1 is 1.10 bits per heavy atom. The van der Waals surface area contributed by atoms with E-state index < -0.39 is 28.9 Å². The van der Waals surface area contributed by atoms with Gasteiger partial charge < -0.3 is 19.9 Å². The van der Waals surface area contributed by atoms with Crippen LogP contribution in [0.2, 0.25) is 5.02 Å². The highest BCUT2D eigenvalue weighted by atomic mass is 35.5. The molecule has 11 heteroatoms. The lowest BCUT2D eigenvalue weighted by Crippen LogP contribution is -2.66. The lowest BCUT2D eigenvalue weighted by atomic mass is 9.73. The van der Waals surface area contributed by atoms with E-state index in [4.69, 9.17) is 16.3 Å². The van der Waals surface area contributed by atoms with Crippen LogP contribution in [0.15, 0.2) is 60.7 Å². The van der Waals surface area contributed by atoms with Gasteiger partial charge in [0.05, 0.1) is 10.6 Å². The molecule has 0 bridgehead atoms. The van der Waals surface area contributed by atoms with Crippen molar-refractivity contribution >= 4 is 29.1 Å². The van der Waals surface area contributed by atoms with Gasteiger partial charge in [-0.1, -0.05) is 48.5 Å². The summed E-state index contributed by atoms with van der Waals surface area (Å²) in [6.07, 6.45) is -2.50. The van der Waals surface area contributed by atoms with Crippen molar-refractivity contribution in [3.05, 3.63) is 76.8 Å². The van der Waals surface area contributed by atoms with Gasteiger partial charge in [-0.25, -0.2) is 4.39 Å². The number of amides is 2. The van der Waals surface area contributed by atoms with Gasteiger partial charge in [-0.05, 0) is 67.9 Å². The monoisotopic (exact) mass is 611 g/mol. The molecule has 0 saturated carbocycles. The van der Waals surface area contributed by atoms with Crippen LogP contribution in [0.1, 0.15) is 48.5 Å².